The SMILES string of the molecule is O=C(NCc1ccc(-n2ccnc2)c(F)c1)C1(O)CCN(Cc2ccccc2)C1. The van der Waals surface area contributed by atoms with Crippen LogP contribution >= 0.6 is 0 Å². The fourth-order valence-electron chi connectivity index (χ4n) is 3.65. The molecule has 1 aliphatic heterocycles. The lowest BCUT2D eigenvalue weighted by molar-refractivity contribution is -0.138. The van der Waals surface area contributed by atoms with Gasteiger partial charge in [-0.1, -0.05) is 36.4 Å². The summed E-state index contributed by atoms with van der Waals surface area (Å²) in [5.41, 5.74) is 0.737. The van der Waals surface area contributed by atoms with Crippen molar-refractivity contribution in [1.29, 1.82) is 0 Å². The number of likely N-dealkylation sites (tertiary alicyclic amines) is 1. The van der Waals surface area contributed by atoms with Gasteiger partial charge in [-0.05, 0) is 29.7 Å². The van der Waals surface area contributed by atoms with Gasteiger partial charge in [0.1, 0.15) is 5.82 Å². The Morgan fingerprint density at radius 3 is 2.76 bits per heavy atom. The minimum atomic E-state index is -1.43. The minimum Gasteiger partial charge on any atom is -0.379 e. The Bertz CT molecular complexity index is 978. The Hall–Kier alpha value is -3.03. The molecule has 4 rings (SSSR count). The predicted molar refractivity (Wildman–Crippen MR) is 107 cm³/mol. The van der Waals surface area contributed by atoms with Crippen LogP contribution in [0.3, 0.4) is 0 Å². The summed E-state index contributed by atoms with van der Waals surface area (Å²) in [5, 5.41) is 13.5. The van der Waals surface area contributed by atoms with E-state index in [2.05, 4.69) is 15.2 Å². The lowest BCUT2D eigenvalue weighted by Gasteiger charge is -2.23. The van der Waals surface area contributed by atoms with Crippen LogP contribution in [0.25, 0.3) is 5.69 Å². The molecule has 1 aromatic heterocycles. The molecule has 2 heterocycles. The smallest absolute Gasteiger partial charge is 0.253 e. The Balaban J connectivity index is 1.34. The number of benzene rings is 2. The molecular weight excluding hydrogens is 371 g/mol. The van der Waals surface area contributed by atoms with Crippen LogP contribution in [0.1, 0.15) is 17.5 Å². The van der Waals surface area contributed by atoms with E-state index < -0.39 is 17.3 Å². The first kappa shape index (κ1) is 19.3. The van der Waals surface area contributed by atoms with Crippen LogP contribution < -0.4 is 5.32 Å². The van der Waals surface area contributed by atoms with E-state index in [1.54, 1.807) is 29.1 Å². The number of β-amino-alcohol motifs (C(OH)–C–C–N with tert-alkyl or cyclic N) is 1. The van der Waals surface area contributed by atoms with Gasteiger partial charge in [-0.25, -0.2) is 9.37 Å². The summed E-state index contributed by atoms with van der Waals surface area (Å²) in [7, 11) is 0. The van der Waals surface area contributed by atoms with E-state index in [4.69, 9.17) is 0 Å². The van der Waals surface area contributed by atoms with Crippen molar-refractivity contribution >= 4 is 5.91 Å². The van der Waals surface area contributed by atoms with Crippen molar-refractivity contribution in [3.05, 3.63) is 84.2 Å². The first-order valence-electron chi connectivity index (χ1n) is 9.57. The van der Waals surface area contributed by atoms with E-state index >= 15 is 0 Å². The number of aliphatic hydroxyl groups is 1. The molecule has 0 aliphatic carbocycles. The maximum Gasteiger partial charge on any atom is 0.253 e. The molecule has 1 unspecified atom stereocenters. The molecule has 3 aromatic rings. The molecule has 1 atom stereocenters. The molecular formula is C22H23FN4O2. The first-order chi connectivity index (χ1) is 14.0. The van der Waals surface area contributed by atoms with Crippen LogP contribution in [0.4, 0.5) is 4.39 Å². The summed E-state index contributed by atoms with van der Waals surface area (Å²) in [6, 6.07) is 14.7. The fraction of sp³-hybridized carbons (Fsp3) is 0.273. The van der Waals surface area contributed by atoms with Gasteiger partial charge in [0.05, 0.1) is 12.0 Å². The zero-order valence-electron chi connectivity index (χ0n) is 16.0. The summed E-state index contributed by atoms with van der Waals surface area (Å²) in [4.78, 5) is 18.6. The van der Waals surface area contributed by atoms with Crippen molar-refractivity contribution in [2.45, 2.75) is 25.1 Å². The van der Waals surface area contributed by atoms with Crippen LogP contribution in [0, 0.1) is 5.82 Å². The van der Waals surface area contributed by atoms with Gasteiger partial charge in [0.15, 0.2) is 5.60 Å². The third-order valence-electron chi connectivity index (χ3n) is 5.25. The number of imidazole rings is 1. The third-order valence-corrected chi connectivity index (χ3v) is 5.25. The molecule has 0 bridgehead atoms. The first-order valence-corrected chi connectivity index (χ1v) is 9.57. The predicted octanol–water partition coefficient (Wildman–Crippen LogP) is 2.26. The zero-order valence-corrected chi connectivity index (χ0v) is 16.0. The summed E-state index contributed by atoms with van der Waals surface area (Å²) >= 11 is 0. The molecule has 7 heteroatoms. The van der Waals surface area contributed by atoms with E-state index in [1.165, 1.54) is 12.4 Å². The lowest BCUT2D eigenvalue weighted by Crippen LogP contribution is -2.48. The van der Waals surface area contributed by atoms with E-state index in [-0.39, 0.29) is 13.1 Å². The molecule has 0 saturated carbocycles. The number of rotatable bonds is 6. The molecule has 6 nitrogen and oxygen atoms in total. The minimum absolute atomic E-state index is 0.154. The topological polar surface area (TPSA) is 70.4 Å². The molecule has 1 aliphatic rings. The number of hydrogen-bond acceptors (Lipinski definition) is 4. The highest BCUT2D eigenvalue weighted by atomic mass is 19.1. The van der Waals surface area contributed by atoms with E-state index in [0.717, 1.165) is 5.56 Å². The number of carbonyl (C=O) groups excluding carboxylic acids is 1. The average Bonchev–Trinajstić information content (AvgIpc) is 3.38. The van der Waals surface area contributed by atoms with Gasteiger partial charge in [-0.2, -0.15) is 0 Å². The Labute approximate surface area is 168 Å². The highest BCUT2D eigenvalue weighted by molar-refractivity contribution is 5.85. The van der Waals surface area contributed by atoms with Crippen molar-refractivity contribution in [3.63, 3.8) is 0 Å². The maximum absolute atomic E-state index is 14.4. The quantitative estimate of drug-likeness (QED) is 0.673. The van der Waals surface area contributed by atoms with E-state index in [0.29, 0.717) is 30.8 Å². The monoisotopic (exact) mass is 394 g/mol. The Morgan fingerprint density at radius 1 is 1.21 bits per heavy atom. The van der Waals surface area contributed by atoms with Gasteiger partial charge < -0.3 is 15.0 Å². The molecule has 1 amide bonds. The van der Waals surface area contributed by atoms with Crippen LogP contribution in [-0.4, -0.2) is 44.2 Å². The number of aromatic nitrogens is 2. The number of nitrogens with zero attached hydrogens (tertiary/aromatic N) is 3. The number of amides is 1. The van der Waals surface area contributed by atoms with Crippen molar-refractivity contribution in [1.82, 2.24) is 19.8 Å². The highest BCUT2D eigenvalue weighted by Crippen LogP contribution is 2.23. The average molecular weight is 394 g/mol. The van der Waals surface area contributed by atoms with Crippen molar-refractivity contribution in [2.75, 3.05) is 13.1 Å². The standard InChI is InChI=1S/C22H23FN4O2/c23-19-12-18(6-7-20(19)27-11-9-24-16-27)13-25-21(28)22(29)8-10-26(15-22)14-17-4-2-1-3-5-17/h1-7,9,11-12,16,29H,8,10,13-15H2,(H,25,28). The maximum atomic E-state index is 14.4. The van der Waals surface area contributed by atoms with Gasteiger partial charge in [-0.15, -0.1) is 0 Å². The summed E-state index contributed by atoms with van der Waals surface area (Å²) in [5.74, 6) is -0.824. The normalized spacial score (nSPS) is 19.4. The van der Waals surface area contributed by atoms with Crippen molar-refractivity contribution in [3.8, 4) is 5.69 Å². The molecule has 2 N–H and O–H groups in total. The van der Waals surface area contributed by atoms with Gasteiger partial charge in [-0.3, -0.25) is 9.69 Å². The Morgan fingerprint density at radius 2 is 2.03 bits per heavy atom. The summed E-state index contributed by atoms with van der Waals surface area (Å²) in [6.07, 6.45) is 5.14. The molecule has 0 spiro atoms. The number of nitrogens with one attached hydrogen (secondary N) is 1. The van der Waals surface area contributed by atoms with Crippen LogP contribution in [-0.2, 0) is 17.9 Å². The van der Waals surface area contributed by atoms with Gasteiger partial charge in [0.25, 0.3) is 5.91 Å². The molecule has 29 heavy (non-hydrogen) atoms. The van der Waals surface area contributed by atoms with Gasteiger partial charge >= 0.3 is 0 Å². The second kappa shape index (κ2) is 8.14. The number of hydrogen-bond donors (Lipinski definition) is 2. The zero-order chi connectivity index (χ0) is 20.3. The van der Waals surface area contributed by atoms with Gasteiger partial charge in [0.2, 0.25) is 0 Å². The molecule has 1 saturated heterocycles. The summed E-state index contributed by atoms with van der Waals surface area (Å²) < 4.78 is 15.9. The number of carbonyl (C=O) groups is 1. The van der Waals surface area contributed by atoms with E-state index in [1.807, 2.05) is 30.3 Å². The second-order valence-electron chi connectivity index (χ2n) is 7.42. The third kappa shape index (κ3) is 4.36. The van der Waals surface area contributed by atoms with Crippen LogP contribution in [0.5, 0.6) is 0 Å². The molecule has 1 fully saturated rings. The largest absolute Gasteiger partial charge is 0.379 e. The summed E-state index contributed by atoms with van der Waals surface area (Å²) in [6.45, 7) is 1.77. The van der Waals surface area contributed by atoms with E-state index in [9.17, 15) is 14.3 Å². The van der Waals surface area contributed by atoms with Crippen LogP contribution in [0.2, 0.25) is 0 Å². The Kier molecular flexibility index (Phi) is 5.42. The number of halogens is 1. The van der Waals surface area contributed by atoms with Crippen LogP contribution in [0.15, 0.2) is 67.3 Å². The van der Waals surface area contributed by atoms with Crippen molar-refractivity contribution in [2.24, 2.45) is 0 Å². The highest BCUT2D eigenvalue weighted by Gasteiger charge is 2.42. The molecule has 0 radical (unpaired) electrons. The second-order valence-corrected chi connectivity index (χ2v) is 7.42. The lowest BCUT2D eigenvalue weighted by atomic mass is 10.0. The molecule has 2 aromatic carbocycles. The van der Waals surface area contributed by atoms with Crippen molar-refractivity contribution < 1.29 is 14.3 Å². The fourth-order valence-corrected chi connectivity index (χ4v) is 3.65. The molecule has 150 valence electrons. The van der Waals surface area contributed by atoms with Gasteiger partial charge in [0, 0.05) is 38.6 Å².